The van der Waals surface area contributed by atoms with E-state index in [2.05, 4.69) is 30.3 Å². The molecule has 1 aliphatic rings. The van der Waals surface area contributed by atoms with Crippen LogP contribution in [0.2, 0.25) is 0 Å². The number of fused-ring (bicyclic) bond motifs is 1. The van der Waals surface area contributed by atoms with E-state index in [4.69, 9.17) is 0 Å². The standard InChI is InChI=1S/C15H14F4N4O3.ClH/c16-14(17)25-7-1-2-10(11(5-7)26-15(18)19)21-13(24)12-8-6-20-4-3-9(8)22-23-12;/h1-2,5,14-15,20H,3-4,6H2,(H,21,24)(H,22,23);1H. The number of benzene rings is 1. The van der Waals surface area contributed by atoms with Gasteiger partial charge in [0, 0.05) is 36.8 Å². The Hall–Kier alpha value is -2.53. The minimum Gasteiger partial charge on any atom is -0.435 e. The van der Waals surface area contributed by atoms with Gasteiger partial charge in [0.2, 0.25) is 0 Å². The molecule has 0 radical (unpaired) electrons. The Morgan fingerprint density at radius 3 is 2.63 bits per heavy atom. The molecule has 0 saturated carbocycles. The fourth-order valence-electron chi connectivity index (χ4n) is 2.57. The van der Waals surface area contributed by atoms with Gasteiger partial charge in [-0.05, 0) is 12.1 Å². The Morgan fingerprint density at radius 2 is 1.93 bits per heavy atom. The number of carbonyl (C=O) groups is 1. The summed E-state index contributed by atoms with van der Waals surface area (Å²) in [5.74, 6) is -1.53. The summed E-state index contributed by atoms with van der Waals surface area (Å²) >= 11 is 0. The van der Waals surface area contributed by atoms with Crippen molar-refractivity contribution in [3.05, 3.63) is 35.2 Å². The number of amides is 1. The molecular formula is C15H15ClF4N4O3. The maximum absolute atomic E-state index is 12.6. The third kappa shape index (κ3) is 5.01. The lowest BCUT2D eigenvalue weighted by molar-refractivity contribution is -0.0540. The fourth-order valence-corrected chi connectivity index (χ4v) is 2.57. The Morgan fingerprint density at radius 1 is 1.19 bits per heavy atom. The molecule has 0 saturated heterocycles. The number of anilines is 1. The number of carbonyl (C=O) groups excluding carboxylic acids is 1. The van der Waals surface area contributed by atoms with Crippen molar-refractivity contribution in [2.75, 3.05) is 11.9 Å². The average molecular weight is 411 g/mol. The third-order valence-electron chi connectivity index (χ3n) is 3.66. The van der Waals surface area contributed by atoms with Crippen LogP contribution in [0.3, 0.4) is 0 Å². The number of H-pyrrole nitrogens is 1. The van der Waals surface area contributed by atoms with Crippen LogP contribution in [0.5, 0.6) is 11.5 Å². The zero-order chi connectivity index (χ0) is 18.7. The molecule has 0 fully saturated rings. The monoisotopic (exact) mass is 410 g/mol. The van der Waals surface area contributed by atoms with Crippen molar-refractivity contribution in [3.8, 4) is 11.5 Å². The van der Waals surface area contributed by atoms with Crippen LogP contribution in [0.15, 0.2) is 18.2 Å². The van der Waals surface area contributed by atoms with E-state index in [-0.39, 0.29) is 29.5 Å². The number of hydrogen-bond donors (Lipinski definition) is 3. The zero-order valence-electron chi connectivity index (χ0n) is 13.6. The number of aromatic nitrogens is 2. The van der Waals surface area contributed by atoms with Crippen molar-refractivity contribution in [3.63, 3.8) is 0 Å². The van der Waals surface area contributed by atoms with Crippen LogP contribution in [-0.4, -0.2) is 35.9 Å². The average Bonchev–Trinajstić information content (AvgIpc) is 3.00. The smallest absolute Gasteiger partial charge is 0.387 e. The first-order valence-corrected chi connectivity index (χ1v) is 7.56. The SMILES string of the molecule is Cl.O=C(Nc1ccc(OC(F)F)cc1OC(F)F)c1n[nH]c2c1CNCC2. The van der Waals surface area contributed by atoms with Crippen molar-refractivity contribution in [1.29, 1.82) is 0 Å². The van der Waals surface area contributed by atoms with E-state index in [0.717, 1.165) is 30.4 Å². The number of hydrogen-bond acceptors (Lipinski definition) is 5. The lowest BCUT2D eigenvalue weighted by Crippen LogP contribution is -2.25. The molecule has 148 valence electrons. The van der Waals surface area contributed by atoms with Crippen molar-refractivity contribution in [2.24, 2.45) is 0 Å². The Kier molecular flexibility index (Phi) is 6.86. The summed E-state index contributed by atoms with van der Waals surface area (Å²) in [6, 6.07) is 3.07. The van der Waals surface area contributed by atoms with Gasteiger partial charge >= 0.3 is 13.2 Å². The minimum absolute atomic E-state index is 0. The molecule has 1 aliphatic heterocycles. The molecule has 0 unspecified atom stereocenters. The van der Waals surface area contributed by atoms with Crippen molar-refractivity contribution < 1.29 is 31.8 Å². The first-order valence-electron chi connectivity index (χ1n) is 7.56. The van der Waals surface area contributed by atoms with Gasteiger partial charge < -0.3 is 20.1 Å². The van der Waals surface area contributed by atoms with Crippen LogP contribution in [0.25, 0.3) is 0 Å². The van der Waals surface area contributed by atoms with E-state index in [9.17, 15) is 22.4 Å². The van der Waals surface area contributed by atoms with Gasteiger partial charge in [-0.3, -0.25) is 9.89 Å². The highest BCUT2D eigenvalue weighted by molar-refractivity contribution is 6.04. The topological polar surface area (TPSA) is 88.3 Å². The highest BCUT2D eigenvalue weighted by Crippen LogP contribution is 2.32. The molecule has 0 spiro atoms. The molecule has 3 N–H and O–H groups in total. The van der Waals surface area contributed by atoms with E-state index in [1.54, 1.807) is 0 Å². The fraction of sp³-hybridized carbons (Fsp3) is 0.333. The van der Waals surface area contributed by atoms with Crippen LogP contribution in [0.1, 0.15) is 21.7 Å². The minimum atomic E-state index is -3.21. The first kappa shape index (κ1) is 20.8. The van der Waals surface area contributed by atoms with Crippen molar-refractivity contribution >= 4 is 24.0 Å². The van der Waals surface area contributed by atoms with Crippen LogP contribution < -0.4 is 20.1 Å². The highest BCUT2D eigenvalue weighted by atomic mass is 35.5. The van der Waals surface area contributed by atoms with Crippen LogP contribution >= 0.6 is 12.4 Å². The molecule has 27 heavy (non-hydrogen) atoms. The molecule has 1 aromatic carbocycles. The Balaban J connectivity index is 0.00000261. The molecule has 3 rings (SSSR count). The van der Waals surface area contributed by atoms with Gasteiger partial charge in [0.25, 0.3) is 5.91 Å². The normalized spacial score (nSPS) is 13.1. The van der Waals surface area contributed by atoms with Gasteiger partial charge in [0.1, 0.15) is 5.75 Å². The number of alkyl halides is 4. The number of nitrogens with zero attached hydrogens (tertiary/aromatic N) is 1. The molecule has 2 heterocycles. The number of rotatable bonds is 6. The largest absolute Gasteiger partial charge is 0.435 e. The summed E-state index contributed by atoms with van der Waals surface area (Å²) in [4.78, 5) is 12.4. The van der Waals surface area contributed by atoms with E-state index in [0.29, 0.717) is 18.5 Å². The predicted molar refractivity (Wildman–Crippen MR) is 88.9 cm³/mol. The predicted octanol–water partition coefficient (Wildman–Crippen LogP) is 2.93. The highest BCUT2D eigenvalue weighted by Gasteiger charge is 2.23. The van der Waals surface area contributed by atoms with Crippen molar-refractivity contribution in [1.82, 2.24) is 15.5 Å². The Labute approximate surface area is 156 Å². The van der Waals surface area contributed by atoms with Gasteiger partial charge in [0.15, 0.2) is 11.4 Å². The molecule has 1 amide bonds. The molecule has 12 heteroatoms. The van der Waals surface area contributed by atoms with E-state index in [1.807, 2.05) is 0 Å². The first-order chi connectivity index (χ1) is 12.4. The van der Waals surface area contributed by atoms with E-state index >= 15 is 0 Å². The second-order valence-corrected chi connectivity index (χ2v) is 5.33. The number of halogens is 5. The van der Waals surface area contributed by atoms with Gasteiger partial charge in [-0.25, -0.2) is 0 Å². The molecule has 2 aromatic rings. The molecular weight excluding hydrogens is 396 g/mol. The summed E-state index contributed by atoms with van der Waals surface area (Å²) in [6.07, 6.45) is 0.676. The summed E-state index contributed by atoms with van der Waals surface area (Å²) < 4.78 is 58.1. The lowest BCUT2D eigenvalue weighted by Gasteiger charge is -2.15. The maximum atomic E-state index is 12.6. The van der Waals surface area contributed by atoms with Crippen LogP contribution in [0, 0.1) is 0 Å². The molecule has 0 aliphatic carbocycles. The Bertz CT molecular complexity index is 803. The van der Waals surface area contributed by atoms with Gasteiger partial charge in [0.05, 0.1) is 5.69 Å². The van der Waals surface area contributed by atoms with Crippen LogP contribution in [0.4, 0.5) is 23.2 Å². The van der Waals surface area contributed by atoms with Gasteiger partial charge in [-0.15, -0.1) is 12.4 Å². The van der Waals surface area contributed by atoms with E-state index in [1.165, 1.54) is 0 Å². The summed E-state index contributed by atoms with van der Waals surface area (Å²) in [5, 5.41) is 12.2. The third-order valence-corrected chi connectivity index (χ3v) is 3.66. The zero-order valence-corrected chi connectivity index (χ0v) is 14.4. The number of ether oxygens (including phenoxy) is 2. The number of aromatic amines is 1. The molecule has 0 atom stereocenters. The van der Waals surface area contributed by atoms with Crippen molar-refractivity contribution in [2.45, 2.75) is 26.2 Å². The summed E-state index contributed by atoms with van der Waals surface area (Å²) in [6.45, 7) is -5.16. The molecule has 7 nitrogen and oxygen atoms in total. The van der Waals surface area contributed by atoms with Gasteiger partial charge in [-0.1, -0.05) is 0 Å². The van der Waals surface area contributed by atoms with Gasteiger partial charge in [-0.2, -0.15) is 22.7 Å². The quantitative estimate of drug-likeness (QED) is 0.637. The van der Waals surface area contributed by atoms with Crippen LogP contribution in [-0.2, 0) is 13.0 Å². The molecule has 0 bridgehead atoms. The summed E-state index contributed by atoms with van der Waals surface area (Å²) in [7, 11) is 0. The number of nitrogens with one attached hydrogen (secondary N) is 3. The second kappa shape index (κ2) is 8.91. The van der Waals surface area contributed by atoms with E-state index < -0.39 is 24.9 Å². The molecule has 1 aromatic heterocycles. The summed E-state index contributed by atoms with van der Waals surface area (Å²) in [5.41, 5.74) is 1.49. The maximum Gasteiger partial charge on any atom is 0.387 e. The second-order valence-electron chi connectivity index (χ2n) is 5.33. The lowest BCUT2D eigenvalue weighted by atomic mass is 10.1.